The monoisotopic (exact) mass is 404 g/mol. The molecule has 0 saturated heterocycles. The number of hydrogen-bond donors (Lipinski definition) is 0. The van der Waals surface area contributed by atoms with Gasteiger partial charge in [0.15, 0.2) is 5.88 Å². The summed E-state index contributed by atoms with van der Waals surface area (Å²) >= 11 is 0. The first kappa shape index (κ1) is 18.3. The van der Waals surface area contributed by atoms with Crippen LogP contribution in [0.15, 0.2) is 35.3 Å². The van der Waals surface area contributed by atoms with E-state index in [1.54, 1.807) is 18.2 Å². The van der Waals surface area contributed by atoms with E-state index in [0.29, 0.717) is 29.5 Å². The minimum atomic E-state index is -0.354. The summed E-state index contributed by atoms with van der Waals surface area (Å²) < 4.78 is 13.6. The Hall–Kier alpha value is -2.00. The molecule has 0 aliphatic carbocycles. The second-order valence-corrected chi connectivity index (χ2v) is 4.64. The predicted molar refractivity (Wildman–Crippen MR) is 79.7 cm³/mol. The number of aryl methyl sites for hydroxylation is 1. The van der Waals surface area contributed by atoms with E-state index in [4.69, 9.17) is 9.47 Å². The van der Waals surface area contributed by atoms with Crippen LogP contribution in [0.3, 0.4) is 0 Å². The van der Waals surface area contributed by atoms with Crippen molar-refractivity contribution >= 4 is 0 Å². The molecule has 0 fully saturated rings. The molecule has 0 atom stereocenters. The zero-order valence-electron chi connectivity index (χ0n) is 13.3. The maximum atomic E-state index is 12.1. The van der Waals surface area contributed by atoms with Crippen LogP contribution in [0.4, 0.5) is 0 Å². The van der Waals surface area contributed by atoms with Gasteiger partial charge < -0.3 is 19.7 Å². The van der Waals surface area contributed by atoms with Crippen LogP contribution in [0, 0.1) is 0 Å². The Morgan fingerprint density at radius 3 is 2.67 bits per heavy atom. The van der Waals surface area contributed by atoms with Crippen molar-refractivity contribution in [2.24, 2.45) is 7.05 Å². The quantitative estimate of drug-likeness (QED) is 0.583. The zero-order valence-corrected chi connectivity index (χ0v) is 16.1. The van der Waals surface area contributed by atoms with Crippen LogP contribution in [0.25, 0.3) is 5.69 Å². The fraction of sp³-hybridized carbons (Fsp3) is 0.286. The maximum Gasteiger partial charge on any atom is 0.368 e. The molecule has 2 aromatic heterocycles. The Bertz CT molecular complexity index is 843. The van der Waals surface area contributed by atoms with Crippen molar-refractivity contribution in [3.63, 3.8) is 0 Å². The van der Waals surface area contributed by atoms with Crippen LogP contribution in [0.1, 0.15) is 12.5 Å². The van der Waals surface area contributed by atoms with Gasteiger partial charge in [0, 0.05) is 39.8 Å². The van der Waals surface area contributed by atoms with Crippen LogP contribution in [0.2, 0.25) is 0 Å². The SMILES string of the molecule is CCOc1cccc(-n2nnn(C)c2=O)c1COc1cc[n-]n1.[Y]. The summed E-state index contributed by atoms with van der Waals surface area (Å²) in [6.07, 6.45) is 1.54. The molecule has 10 heteroatoms. The predicted octanol–water partition coefficient (Wildman–Crippen LogP) is 0.293. The Morgan fingerprint density at radius 2 is 2.04 bits per heavy atom. The third-order valence-electron chi connectivity index (χ3n) is 3.16. The van der Waals surface area contributed by atoms with Crippen molar-refractivity contribution in [1.29, 1.82) is 0 Å². The van der Waals surface area contributed by atoms with Gasteiger partial charge in [-0.05, 0) is 35.5 Å². The van der Waals surface area contributed by atoms with Gasteiger partial charge in [-0.25, -0.2) is 4.79 Å². The van der Waals surface area contributed by atoms with Gasteiger partial charge in [0.1, 0.15) is 12.4 Å². The second kappa shape index (κ2) is 8.21. The number of ether oxygens (including phenoxy) is 2. The Balaban J connectivity index is 0.00000208. The fourth-order valence-corrected chi connectivity index (χ4v) is 2.10. The largest absolute Gasteiger partial charge is 0.579 e. The molecular formula is C14H15N6O3Y-. The molecule has 123 valence electrons. The van der Waals surface area contributed by atoms with Crippen LogP contribution in [-0.4, -0.2) is 31.5 Å². The van der Waals surface area contributed by atoms with E-state index >= 15 is 0 Å². The van der Waals surface area contributed by atoms with Gasteiger partial charge in [0.2, 0.25) is 0 Å². The molecule has 0 unspecified atom stereocenters. The van der Waals surface area contributed by atoms with Gasteiger partial charge in [0.05, 0.1) is 17.9 Å². The van der Waals surface area contributed by atoms with Crippen molar-refractivity contribution in [1.82, 2.24) is 30.0 Å². The summed E-state index contributed by atoms with van der Waals surface area (Å²) in [7, 11) is 1.54. The first-order valence-electron chi connectivity index (χ1n) is 7.02. The van der Waals surface area contributed by atoms with Crippen LogP contribution < -0.4 is 20.3 Å². The summed E-state index contributed by atoms with van der Waals surface area (Å²) in [5.41, 5.74) is 0.876. The first-order chi connectivity index (χ1) is 11.2. The van der Waals surface area contributed by atoms with Crippen LogP contribution in [-0.2, 0) is 46.4 Å². The van der Waals surface area contributed by atoms with E-state index < -0.39 is 0 Å². The normalized spacial score (nSPS) is 10.2. The van der Waals surface area contributed by atoms with Crippen molar-refractivity contribution in [3.8, 4) is 17.3 Å². The molecule has 0 aliphatic heterocycles. The number of aromatic nitrogens is 6. The van der Waals surface area contributed by atoms with E-state index in [9.17, 15) is 4.79 Å². The molecule has 3 aromatic rings. The summed E-state index contributed by atoms with van der Waals surface area (Å²) in [5, 5.41) is 15.1. The molecule has 24 heavy (non-hydrogen) atoms. The Morgan fingerprint density at radius 1 is 1.21 bits per heavy atom. The molecule has 1 aromatic carbocycles. The van der Waals surface area contributed by atoms with Crippen molar-refractivity contribution in [3.05, 3.63) is 46.5 Å². The molecule has 2 heterocycles. The Kier molecular flexibility index (Phi) is 6.27. The van der Waals surface area contributed by atoms with E-state index in [2.05, 4.69) is 20.6 Å². The molecule has 3 rings (SSSR count). The van der Waals surface area contributed by atoms with Crippen LogP contribution >= 0.6 is 0 Å². The van der Waals surface area contributed by atoms with Crippen LogP contribution in [0.5, 0.6) is 11.6 Å². The van der Waals surface area contributed by atoms with Crippen molar-refractivity contribution in [2.75, 3.05) is 6.61 Å². The molecule has 0 aliphatic rings. The van der Waals surface area contributed by atoms with Gasteiger partial charge in [0.25, 0.3) is 0 Å². The van der Waals surface area contributed by atoms with Gasteiger partial charge >= 0.3 is 5.69 Å². The second-order valence-electron chi connectivity index (χ2n) is 4.64. The third kappa shape index (κ3) is 3.73. The summed E-state index contributed by atoms with van der Waals surface area (Å²) in [6.45, 7) is 2.53. The average molecular weight is 404 g/mol. The van der Waals surface area contributed by atoms with E-state index in [-0.39, 0.29) is 45.0 Å². The molecule has 0 N–H and O–H groups in total. The molecule has 1 radical (unpaired) electrons. The molecular weight excluding hydrogens is 389 g/mol. The molecule has 0 bridgehead atoms. The standard InChI is InChI=1S/C14H15N6O3.Y/c1-3-22-12-6-4-5-11(20-14(21)19(2)17-18-20)10(12)9-23-13-7-8-15-16-13;/h4-8H,3,9H2,1-2H3;/q-1;. The summed E-state index contributed by atoms with van der Waals surface area (Å²) in [6, 6.07) is 7.00. The average Bonchev–Trinajstić information content (AvgIpc) is 3.18. The minimum absolute atomic E-state index is 0. The van der Waals surface area contributed by atoms with E-state index in [0.717, 1.165) is 4.68 Å². The molecule has 0 amide bonds. The van der Waals surface area contributed by atoms with Crippen molar-refractivity contribution in [2.45, 2.75) is 13.5 Å². The number of benzene rings is 1. The molecule has 0 spiro atoms. The number of hydrogen-bond acceptors (Lipinski definition) is 6. The third-order valence-corrected chi connectivity index (χ3v) is 3.16. The maximum absolute atomic E-state index is 12.1. The van der Waals surface area contributed by atoms with E-state index in [1.165, 1.54) is 17.9 Å². The van der Waals surface area contributed by atoms with Gasteiger partial charge in [-0.3, -0.25) is 0 Å². The Labute approximate surface area is 162 Å². The topological polar surface area (TPSA) is 98.2 Å². The first-order valence-corrected chi connectivity index (χ1v) is 7.02. The molecule has 0 saturated carbocycles. The fourth-order valence-electron chi connectivity index (χ4n) is 2.10. The number of tetrazole rings is 1. The van der Waals surface area contributed by atoms with Gasteiger partial charge in [-0.15, -0.1) is 0 Å². The number of nitrogens with zero attached hydrogens (tertiary/aromatic N) is 6. The van der Waals surface area contributed by atoms with E-state index in [1.807, 2.05) is 13.0 Å². The molecule has 9 nitrogen and oxygen atoms in total. The summed E-state index contributed by atoms with van der Waals surface area (Å²) in [4.78, 5) is 12.1. The van der Waals surface area contributed by atoms with Gasteiger partial charge in [-0.1, -0.05) is 6.07 Å². The number of rotatable bonds is 6. The minimum Gasteiger partial charge on any atom is -0.579 e. The zero-order chi connectivity index (χ0) is 16.2. The van der Waals surface area contributed by atoms with Crippen molar-refractivity contribution < 1.29 is 42.2 Å². The summed E-state index contributed by atoms with van der Waals surface area (Å²) in [5.74, 6) is 1.01. The van der Waals surface area contributed by atoms with Gasteiger partial charge in [-0.2, -0.15) is 15.6 Å². The smallest absolute Gasteiger partial charge is 0.368 e.